The number of carbonyl (C=O) groups is 1. The highest BCUT2D eigenvalue weighted by Gasteiger charge is 2.13. The van der Waals surface area contributed by atoms with E-state index in [2.05, 4.69) is 10.6 Å². The van der Waals surface area contributed by atoms with E-state index in [1.54, 1.807) is 0 Å². The average Bonchev–Trinajstić information content (AvgIpc) is 2.67. The Hall–Kier alpha value is -0.610. The highest BCUT2D eigenvalue weighted by atomic mass is 16.1. The van der Waals surface area contributed by atoms with Crippen LogP contribution in [0.2, 0.25) is 0 Å². The van der Waals surface area contributed by atoms with Crippen LogP contribution in [-0.4, -0.2) is 50.6 Å². The van der Waals surface area contributed by atoms with Crippen molar-refractivity contribution in [2.45, 2.75) is 31.7 Å². The summed E-state index contributed by atoms with van der Waals surface area (Å²) in [4.78, 5) is 13.4. The van der Waals surface area contributed by atoms with Crippen LogP contribution in [0, 0.1) is 0 Å². The maximum absolute atomic E-state index is 11.4. The van der Waals surface area contributed by atoms with Crippen LogP contribution >= 0.6 is 0 Å². The topological polar surface area (TPSA) is 44.4 Å². The molecule has 1 aliphatic rings. The van der Waals surface area contributed by atoms with Gasteiger partial charge in [0.2, 0.25) is 5.91 Å². The molecule has 1 heterocycles. The Balaban J connectivity index is 1.96. The Bertz CT molecular complexity index is 188. The van der Waals surface area contributed by atoms with E-state index in [1.807, 2.05) is 19.0 Å². The molecule has 0 aromatic rings. The number of amides is 1. The maximum Gasteiger partial charge on any atom is 0.221 e. The molecule has 1 amide bonds. The van der Waals surface area contributed by atoms with Crippen molar-refractivity contribution >= 4 is 5.91 Å². The standard InChI is InChI=1S/C11H23N3O/c1-14(2)9-6-11(15)13-8-5-10-4-3-7-12-10/h10,12H,3-9H2,1-2H3,(H,13,15). The van der Waals surface area contributed by atoms with Gasteiger partial charge in [-0.2, -0.15) is 0 Å². The second-order valence-electron chi connectivity index (χ2n) is 4.49. The molecule has 4 heteroatoms. The molecular weight excluding hydrogens is 190 g/mol. The summed E-state index contributed by atoms with van der Waals surface area (Å²) >= 11 is 0. The molecule has 1 saturated heterocycles. The maximum atomic E-state index is 11.4. The van der Waals surface area contributed by atoms with Crippen LogP contribution in [0.25, 0.3) is 0 Å². The van der Waals surface area contributed by atoms with Gasteiger partial charge >= 0.3 is 0 Å². The fraction of sp³-hybridized carbons (Fsp3) is 0.909. The van der Waals surface area contributed by atoms with Gasteiger partial charge in [0.1, 0.15) is 0 Å². The Kier molecular flexibility index (Phi) is 5.65. The van der Waals surface area contributed by atoms with Gasteiger partial charge in [-0.1, -0.05) is 0 Å². The van der Waals surface area contributed by atoms with Crippen LogP contribution in [0.4, 0.5) is 0 Å². The summed E-state index contributed by atoms with van der Waals surface area (Å²) in [6, 6.07) is 0.624. The van der Waals surface area contributed by atoms with E-state index in [0.717, 1.165) is 26.1 Å². The van der Waals surface area contributed by atoms with Gasteiger partial charge in [0.05, 0.1) is 0 Å². The Morgan fingerprint density at radius 1 is 1.53 bits per heavy atom. The van der Waals surface area contributed by atoms with E-state index < -0.39 is 0 Å². The lowest BCUT2D eigenvalue weighted by Crippen LogP contribution is -2.32. The van der Waals surface area contributed by atoms with Crippen LogP contribution in [0.15, 0.2) is 0 Å². The van der Waals surface area contributed by atoms with Crippen molar-refractivity contribution in [3.63, 3.8) is 0 Å². The highest BCUT2D eigenvalue weighted by molar-refractivity contribution is 5.75. The van der Waals surface area contributed by atoms with Gasteiger partial charge in [0, 0.05) is 25.6 Å². The van der Waals surface area contributed by atoms with Gasteiger partial charge in [-0.05, 0) is 39.9 Å². The molecule has 0 saturated carbocycles. The molecule has 1 rings (SSSR count). The van der Waals surface area contributed by atoms with Crippen molar-refractivity contribution in [3.8, 4) is 0 Å². The number of nitrogens with zero attached hydrogens (tertiary/aromatic N) is 1. The van der Waals surface area contributed by atoms with E-state index in [1.165, 1.54) is 12.8 Å². The number of rotatable bonds is 6. The quantitative estimate of drug-likeness (QED) is 0.662. The molecule has 0 bridgehead atoms. The van der Waals surface area contributed by atoms with Gasteiger partial charge in [-0.25, -0.2) is 0 Å². The fourth-order valence-electron chi connectivity index (χ4n) is 1.80. The smallest absolute Gasteiger partial charge is 0.221 e. The van der Waals surface area contributed by atoms with E-state index in [9.17, 15) is 4.79 Å². The minimum atomic E-state index is 0.168. The molecule has 0 aromatic carbocycles. The van der Waals surface area contributed by atoms with Gasteiger partial charge < -0.3 is 15.5 Å². The molecule has 88 valence electrons. The molecule has 1 aliphatic heterocycles. The zero-order valence-electron chi connectivity index (χ0n) is 9.88. The summed E-state index contributed by atoms with van der Waals surface area (Å²) in [7, 11) is 3.96. The van der Waals surface area contributed by atoms with Crippen LogP contribution in [0.1, 0.15) is 25.7 Å². The predicted octanol–water partition coefficient (Wildman–Crippen LogP) is 0.196. The zero-order chi connectivity index (χ0) is 11.1. The van der Waals surface area contributed by atoms with Gasteiger partial charge in [0.15, 0.2) is 0 Å². The molecule has 0 spiro atoms. The number of hydrogen-bond acceptors (Lipinski definition) is 3. The third kappa shape index (κ3) is 5.74. The third-order valence-corrected chi connectivity index (χ3v) is 2.76. The average molecular weight is 213 g/mol. The molecule has 0 aromatic heterocycles. The van der Waals surface area contributed by atoms with Crippen LogP contribution in [-0.2, 0) is 4.79 Å². The minimum Gasteiger partial charge on any atom is -0.356 e. The normalized spacial score (nSPS) is 20.9. The first-order chi connectivity index (χ1) is 7.18. The van der Waals surface area contributed by atoms with Crippen molar-refractivity contribution in [3.05, 3.63) is 0 Å². The van der Waals surface area contributed by atoms with E-state index in [0.29, 0.717) is 12.5 Å². The second-order valence-corrected chi connectivity index (χ2v) is 4.49. The number of carbonyl (C=O) groups excluding carboxylic acids is 1. The molecule has 0 aliphatic carbocycles. The van der Waals surface area contributed by atoms with Crippen molar-refractivity contribution in [2.75, 3.05) is 33.7 Å². The van der Waals surface area contributed by atoms with Gasteiger partial charge in [0.25, 0.3) is 0 Å². The van der Waals surface area contributed by atoms with Crippen LogP contribution in [0.3, 0.4) is 0 Å². The molecule has 4 nitrogen and oxygen atoms in total. The molecule has 0 radical (unpaired) electrons. The number of hydrogen-bond donors (Lipinski definition) is 2. The Morgan fingerprint density at radius 2 is 2.33 bits per heavy atom. The SMILES string of the molecule is CN(C)CCC(=O)NCCC1CCCN1. The third-order valence-electron chi connectivity index (χ3n) is 2.76. The predicted molar refractivity (Wildman–Crippen MR) is 61.8 cm³/mol. The molecular formula is C11H23N3O. The summed E-state index contributed by atoms with van der Waals surface area (Å²) < 4.78 is 0. The molecule has 15 heavy (non-hydrogen) atoms. The van der Waals surface area contributed by atoms with Crippen molar-refractivity contribution < 1.29 is 4.79 Å². The van der Waals surface area contributed by atoms with E-state index in [-0.39, 0.29) is 5.91 Å². The zero-order valence-corrected chi connectivity index (χ0v) is 9.88. The number of nitrogens with one attached hydrogen (secondary N) is 2. The lowest BCUT2D eigenvalue weighted by Gasteiger charge is -2.12. The van der Waals surface area contributed by atoms with Crippen LogP contribution in [0.5, 0.6) is 0 Å². The first kappa shape index (κ1) is 12.5. The molecule has 2 N–H and O–H groups in total. The second kappa shape index (κ2) is 6.80. The van der Waals surface area contributed by atoms with Crippen LogP contribution < -0.4 is 10.6 Å². The fourth-order valence-corrected chi connectivity index (χ4v) is 1.80. The Morgan fingerprint density at radius 3 is 2.93 bits per heavy atom. The summed E-state index contributed by atoms with van der Waals surface area (Å²) in [6.07, 6.45) is 4.20. The minimum absolute atomic E-state index is 0.168. The summed E-state index contributed by atoms with van der Waals surface area (Å²) in [5.41, 5.74) is 0. The highest BCUT2D eigenvalue weighted by Crippen LogP contribution is 2.07. The van der Waals surface area contributed by atoms with E-state index >= 15 is 0 Å². The monoisotopic (exact) mass is 213 g/mol. The Labute approximate surface area is 92.4 Å². The summed E-state index contributed by atoms with van der Waals surface area (Å²) in [6.45, 7) is 2.77. The summed E-state index contributed by atoms with van der Waals surface area (Å²) in [5.74, 6) is 0.168. The first-order valence-corrected chi connectivity index (χ1v) is 5.83. The molecule has 1 unspecified atom stereocenters. The van der Waals surface area contributed by atoms with Crippen molar-refractivity contribution in [1.82, 2.24) is 15.5 Å². The summed E-state index contributed by atoms with van der Waals surface area (Å²) in [5, 5.41) is 6.38. The lowest BCUT2D eigenvalue weighted by molar-refractivity contribution is -0.121. The van der Waals surface area contributed by atoms with Gasteiger partial charge in [-0.3, -0.25) is 4.79 Å². The molecule has 1 atom stereocenters. The molecule has 1 fully saturated rings. The lowest BCUT2D eigenvalue weighted by atomic mass is 10.1. The van der Waals surface area contributed by atoms with E-state index in [4.69, 9.17) is 0 Å². The largest absolute Gasteiger partial charge is 0.356 e. The van der Waals surface area contributed by atoms with Crippen molar-refractivity contribution in [2.24, 2.45) is 0 Å². The van der Waals surface area contributed by atoms with Crippen molar-refractivity contribution in [1.29, 1.82) is 0 Å². The van der Waals surface area contributed by atoms with Gasteiger partial charge in [-0.15, -0.1) is 0 Å². The first-order valence-electron chi connectivity index (χ1n) is 5.83.